The van der Waals surface area contributed by atoms with Gasteiger partial charge in [0.25, 0.3) is 0 Å². The molecule has 1 aromatic carbocycles. The summed E-state index contributed by atoms with van der Waals surface area (Å²) in [4.78, 5) is 25.4. The van der Waals surface area contributed by atoms with Crippen LogP contribution in [0.15, 0.2) is 12.1 Å². The van der Waals surface area contributed by atoms with Gasteiger partial charge in [-0.3, -0.25) is 14.5 Å². The van der Waals surface area contributed by atoms with Crippen molar-refractivity contribution in [1.29, 1.82) is 0 Å². The van der Waals surface area contributed by atoms with Gasteiger partial charge in [0, 0.05) is 24.2 Å². The number of carbonyl (C=O) groups excluding carboxylic acids is 2. The smallest absolute Gasteiger partial charge is 0.237 e. The summed E-state index contributed by atoms with van der Waals surface area (Å²) in [5.41, 5.74) is 0.789. The molecule has 1 aliphatic rings. The highest BCUT2D eigenvalue weighted by atomic mass is 35.5. The number of Topliss-reactive ketones (excluding diaryl/α,β-unsaturated/α-hetero) is 1. The van der Waals surface area contributed by atoms with Gasteiger partial charge in [0.15, 0.2) is 5.78 Å². The number of ketones is 1. The van der Waals surface area contributed by atoms with E-state index in [1.807, 2.05) is 4.90 Å². The molecule has 1 heterocycles. The zero-order valence-electron chi connectivity index (χ0n) is 12.1. The van der Waals surface area contributed by atoms with E-state index in [1.54, 1.807) is 13.1 Å². The van der Waals surface area contributed by atoms with Gasteiger partial charge in [-0.15, -0.1) is 0 Å². The molecule has 0 bridgehead atoms. The summed E-state index contributed by atoms with van der Waals surface area (Å²) in [7, 11) is 1.61. The monoisotopic (exact) mass is 310 g/mol. The zero-order chi connectivity index (χ0) is 15.6. The largest absolute Gasteiger partial charge is 0.507 e. The van der Waals surface area contributed by atoms with Crippen LogP contribution in [0.3, 0.4) is 0 Å². The van der Waals surface area contributed by atoms with Gasteiger partial charge in [-0.05, 0) is 38.4 Å². The second-order valence-electron chi connectivity index (χ2n) is 5.26. The molecule has 0 radical (unpaired) electrons. The number of benzene rings is 1. The molecule has 1 fully saturated rings. The minimum atomic E-state index is -0.236. The van der Waals surface area contributed by atoms with Crippen LogP contribution in [0.5, 0.6) is 5.75 Å². The lowest BCUT2D eigenvalue weighted by atomic mass is 10.0. The third-order valence-corrected chi connectivity index (χ3v) is 4.04. The van der Waals surface area contributed by atoms with Gasteiger partial charge in [0.05, 0.1) is 11.6 Å². The van der Waals surface area contributed by atoms with Crippen LogP contribution >= 0.6 is 11.6 Å². The molecular formula is C15H19ClN2O3. The molecule has 1 amide bonds. The van der Waals surface area contributed by atoms with Crippen molar-refractivity contribution < 1.29 is 14.7 Å². The summed E-state index contributed by atoms with van der Waals surface area (Å²) in [6, 6.07) is 2.90. The molecule has 0 spiro atoms. The van der Waals surface area contributed by atoms with Crippen molar-refractivity contribution in [2.75, 3.05) is 13.6 Å². The molecule has 1 aromatic rings. The van der Waals surface area contributed by atoms with Crippen molar-refractivity contribution in [2.45, 2.75) is 32.4 Å². The normalized spacial score (nSPS) is 18.7. The van der Waals surface area contributed by atoms with Crippen molar-refractivity contribution in [3.05, 3.63) is 28.3 Å². The van der Waals surface area contributed by atoms with Gasteiger partial charge in [0.2, 0.25) is 5.91 Å². The molecule has 0 saturated carbocycles. The highest BCUT2D eigenvalue weighted by molar-refractivity contribution is 6.31. The Labute approximate surface area is 128 Å². The molecule has 114 valence electrons. The first-order valence-corrected chi connectivity index (χ1v) is 7.29. The van der Waals surface area contributed by atoms with Crippen LogP contribution in [0.2, 0.25) is 5.02 Å². The van der Waals surface area contributed by atoms with Crippen molar-refractivity contribution >= 4 is 23.3 Å². The van der Waals surface area contributed by atoms with Crippen LogP contribution in [0.1, 0.15) is 35.7 Å². The quantitative estimate of drug-likeness (QED) is 0.834. The zero-order valence-corrected chi connectivity index (χ0v) is 12.9. The average Bonchev–Trinajstić information content (AvgIpc) is 2.89. The number of hydrogen-bond donors (Lipinski definition) is 2. The fraction of sp³-hybridized carbons (Fsp3) is 0.467. The number of likely N-dealkylation sites (tertiary alicyclic amines) is 1. The summed E-state index contributed by atoms with van der Waals surface area (Å²) < 4.78 is 0. The van der Waals surface area contributed by atoms with E-state index in [2.05, 4.69) is 5.32 Å². The predicted molar refractivity (Wildman–Crippen MR) is 80.6 cm³/mol. The summed E-state index contributed by atoms with van der Waals surface area (Å²) in [5.74, 6) is -0.309. The second-order valence-corrected chi connectivity index (χ2v) is 5.70. The Kier molecular flexibility index (Phi) is 4.85. The molecule has 1 aliphatic heterocycles. The van der Waals surface area contributed by atoms with Crippen LogP contribution in [0.25, 0.3) is 0 Å². The molecule has 0 aliphatic carbocycles. The number of hydrogen-bond acceptors (Lipinski definition) is 4. The molecule has 1 atom stereocenters. The highest BCUT2D eigenvalue weighted by Crippen LogP contribution is 2.30. The van der Waals surface area contributed by atoms with Gasteiger partial charge in [-0.1, -0.05) is 11.6 Å². The van der Waals surface area contributed by atoms with Gasteiger partial charge < -0.3 is 10.4 Å². The van der Waals surface area contributed by atoms with Gasteiger partial charge >= 0.3 is 0 Å². The number of likely N-dealkylation sites (N-methyl/N-ethyl adjacent to an activating group) is 1. The number of phenolic OH excluding ortho intramolecular Hbond substituents is 1. The lowest BCUT2D eigenvalue weighted by Gasteiger charge is -2.23. The second kappa shape index (κ2) is 6.45. The van der Waals surface area contributed by atoms with Crippen LogP contribution in [0.4, 0.5) is 0 Å². The lowest BCUT2D eigenvalue weighted by molar-refractivity contribution is -0.125. The first kappa shape index (κ1) is 15.8. The van der Waals surface area contributed by atoms with E-state index in [-0.39, 0.29) is 29.0 Å². The van der Waals surface area contributed by atoms with Crippen molar-refractivity contribution in [2.24, 2.45) is 0 Å². The van der Waals surface area contributed by atoms with E-state index in [4.69, 9.17) is 11.6 Å². The number of nitrogens with one attached hydrogen (secondary N) is 1. The van der Waals surface area contributed by atoms with Crippen LogP contribution < -0.4 is 5.32 Å². The molecule has 2 rings (SSSR count). The van der Waals surface area contributed by atoms with Crippen molar-refractivity contribution in [1.82, 2.24) is 10.2 Å². The maximum Gasteiger partial charge on any atom is 0.237 e. The maximum absolute atomic E-state index is 11.8. The number of rotatable bonds is 4. The van der Waals surface area contributed by atoms with Gasteiger partial charge in [0.1, 0.15) is 5.75 Å². The Balaban J connectivity index is 2.27. The van der Waals surface area contributed by atoms with Crippen LogP contribution in [-0.4, -0.2) is 41.3 Å². The van der Waals surface area contributed by atoms with Gasteiger partial charge in [-0.2, -0.15) is 0 Å². The number of aromatic hydroxyl groups is 1. The minimum absolute atomic E-state index is 0.0270. The molecule has 21 heavy (non-hydrogen) atoms. The van der Waals surface area contributed by atoms with Crippen LogP contribution in [-0.2, 0) is 11.3 Å². The van der Waals surface area contributed by atoms with Crippen molar-refractivity contribution in [3.63, 3.8) is 0 Å². The number of nitrogens with zero attached hydrogens (tertiary/aromatic N) is 1. The predicted octanol–water partition coefficient (Wildman–Crippen LogP) is 1.96. The standard InChI is InChI=1S/C15H19ClN2O3/c1-9(19)12-7-11(16)6-10(14(12)20)8-18-5-3-4-13(18)15(21)17-2/h6-7,13,20H,3-5,8H2,1-2H3,(H,17,21). The summed E-state index contributed by atoms with van der Waals surface area (Å²) in [6.07, 6.45) is 1.72. The third kappa shape index (κ3) is 3.36. The average molecular weight is 311 g/mol. The van der Waals surface area contributed by atoms with Crippen LogP contribution in [0, 0.1) is 0 Å². The number of phenols is 1. The summed E-state index contributed by atoms with van der Waals surface area (Å²) >= 11 is 6.02. The Morgan fingerprint density at radius 2 is 2.19 bits per heavy atom. The molecule has 2 N–H and O–H groups in total. The van der Waals surface area contributed by atoms with Crippen molar-refractivity contribution in [3.8, 4) is 5.75 Å². The maximum atomic E-state index is 11.8. The van der Waals surface area contributed by atoms with E-state index in [1.165, 1.54) is 13.0 Å². The molecule has 5 nitrogen and oxygen atoms in total. The van der Waals surface area contributed by atoms with E-state index in [9.17, 15) is 14.7 Å². The molecule has 6 heteroatoms. The minimum Gasteiger partial charge on any atom is -0.507 e. The fourth-order valence-electron chi connectivity index (χ4n) is 2.74. The molecule has 0 aromatic heterocycles. The Hall–Kier alpha value is -1.59. The topological polar surface area (TPSA) is 69.6 Å². The Morgan fingerprint density at radius 3 is 2.81 bits per heavy atom. The third-order valence-electron chi connectivity index (χ3n) is 3.82. The molecular weight excluding hydrogens is 292 g/mol. The molecule has 1 unspecified atom stereocenters. The fourth-order valence-corrected chi connectivity index (χ4v) is 2.98. The number of carbonyl (C=O) groups is 2. The van der Waals surface area contributed by atoms with Gasteiger partial charge in [-0.25, -0.2) is 0 Å². The first-order valence-electron chi connectivity index (χ1n) is 6.92. The Morgan fingerprint density at radius 1 is 1.48 bits per heavy atom. The molecule has 1 saturated heterocycles. The Bertz CT molecular complexity index is 574. The number of halogens is 1. The van der Waals surface area contributed by atoms with E-state index < -0.39 is 0 Å². The number of amides is 1. The van der Waals surface area contributed by atoms with E-state index in [0.717, 1.165) is 19.4 Å². The van der Waals surface area contributed by atoms with E-state index in [0.29, 0.717) is 17.1 Å². The highest BCUT2D eigenvalue weighted by Gasteiger charge is 2.30. The first-order chi connectivity index (χ1) is 9.93. The summed E-state index contributed by atoms with van der Waals surface area (Å²) in [5, 5.41) is 13.3. The van der Waals surface area contributed by atoms with E-state index >= 15 is 0 Å². The lowest BCUT2D eigenvalue weighted by Crippen LogP contribution is -2.41. The SMILES string of the molecule is CNC(=O)C1CCCN1Cc1cc(Cl)cc(C(C)=O)c1O. The summed E-state index contributed by atoms with van der Waals surface area (Å²) in [6.45, 7) is 2.56.